The topological polar surface area (TPSA) is 66.2 Å². The van der Waals surface area contributed by atoms with Crippen LogP contribution >= 0.6 is 15.9 Å². The fourth-order valence-electron chi connectivity index (χ4n) is 2.97. The van der Waals surface area contributed by atoms with Crippen molar-refractivity contribution in [1.29, 1.82) is 5.26 Å². The fourth-order valence-corrected chi connectivity index (χ4v) is 3.50. The van der Waals surface area contributed by atoms with Gasteiger partial charge in [0.05, 0.1) is 18.7 Å². The lowest BCUT2D eigenvalue weighted by Gasteiger charge is -2.25. The van der Waals surface area contributed by atoms with Crippen LogP contribution in [-0.4, -0.2) is 30.6 Å². The molecule has 0 spiro atoms. The van der Waals surface area contributed by atoms with Gasteiger partial charge >= 0.3 is 5.97 Å². The van der Waals surface area contributed by atoms with Crippen LogP contribution in [0.3, 0.4) is 0 Å². The highest BCUT2D eigenvalue weighted by Crippen LogP contribution is 2.35. The first-order valence-electron chi connectivity index (χ1n) is 6.99. The number of hydrogen-bond acceptors (Lipinski definition) is 5. The molecule has 0 saturated carbocycles. The van der Waals surface area contributed by atoms with E-state index in [1.54, 1.807) is 12.3 Å². The standard InChI is InChI=1S/C16H14BrN3O2/c1-22-16(21)13-6-3-7-20(13)15-11-5-2-4-10(8-18)14(11)12(17)9-19-15/h2,4-5,9,13H,3,6-7H2,1H3. The lowest BCUT2D eigenvalue weighted by Crippen LogP contribution is -2.37. The molecule has 5 nitrogen and oxygen atoms in total. The Balaban J connectivity index is 2.18. The molecule has 1 aliphatic rings. The quantitative estimate of drug-likeness (QED) is 0.771. The normalized spacial score (nSPS) is 17.5. The monoisotopic (exact) mass is 359 g/mol. The third kappa shape index (κ3) is 2.32. The van der Waals surface area contributed by atoms with Crippen LogP contribution in [0.15, 0.2) is 28.9 Å². The second kappa shape index (κ2) is 5.93. The Morgan fingerprint density at radius 3 is 3.09 bits per heavy atom. The average Bonchev–Trinajstić information content (AvgIpc) is 3.03. The zero-order valence-electron chi connectivity index (χ0n) is 12.0. The van der Waals surface area contributed by atoms with Gasteiger partial charge in [0, 0.05) is 28.0 Å². The highest BCUT2D eigenvalue weighted by molar-refractivity contribution is 9.10. The molecule has 1 aromatic carbocycles. The summed E-state index contributed by atoms with van der Waals surface area (Å²) in [5.41, 5.74) is 0.585. The van der Waals surface area contributed by atoms with Gasteiger partial charge in [-0.05, 0) is 34.8 Å². The lowest BCUT2D eigenvalue weighted by molar-refractivity contribution is -0.141. The number of nitrogens with zero attached hydrogens (tertiary/aromatic N) is 3. The molecule has 1 aliphatic heterocycles. The molecule has 0 amide bonds. The molecule has 1 aromatic heterocycles. The van der Waals surface area contributed by atoms with Crippen molar-refractivity contribution in [1.82, 2.24) is 4.98 Å². The van der Waals surface area contributed by atoms with E-state index in [2.05, 4.69) is 27.0 Å². The minimum atomic E-state index is -0.312. The molecule has 6 heteroatoms. The minimum absolute atomic E-state index is 0.244. The summed E-state index contributed by atoms with van der Waals surface area (Å²) in [6.45, 7) is 0.750. The summed E-state index contributed by atoms with van der Waals surface area (Å²) in [4.78, 5) is 18.4. The first-order chi connectivity index (χ1) is 10.7. The lowest BCUT2D eigenvalue weighted by atomic mass is 10.1. The van der Waals surface area contributed by atoms with E-state index in [0.29, 0.717) is 5.56 Å². The van der Waals surface area contributed by atoms with Crippen molar-refractivity contribution in [2.24, 2.45) is 0 Å². The predicted octanol–water partition coefficient (Wildman–Crippen LogP) is 3.01. The number of methoxy groups -OCH3 is 1. The number of aromatic nitrogens is 1. The van der Waals surface area contributed by atoms with Crippen LogP contribution in [0.1, 0.15) is 18.4 Å². The molecule has 0 aliphatic carbocycles. The average molecular weight is 360 g/mol. The van der Waals surface area contributed by atoms with Gasteiger partial charge in [0.15, 0.2) is 0 Å². The van der Waals surface area contributed by atoms with E-state index in [0.717, 1.165) is 40.4 Å². The van der Waals surface area contributed by atoms with Gasteiger partial charge in [-0.2, -0.15) is 5.26 Å². The van der Waals surface area contributed by atoms with Crippen molar-refractivity contribution in [3.63, 3.8) is 0 Å². The third-order valence-corrected chi connectivity index (χ3v) is 4.56. The molecule has 1 fully saturated rings. The molecular weight excluding hydrogens is 346 g/mol. The van der Waals surface area contributed by atoms with E-state index < -0.39 is 0 Å². The van der Waals surface area contributed by atoms with Gasteiger partial charge in [0.25, 0.3) is 0 Å². The van der Waals surface area contributed by atoms with Gasteiger partial charge in [-0.15, -0.1) is 0 Å². The van der Waals surface area contributed by atoms with E-state index in [1.807, 2.05) is 17.0 Å². The van der Waals surface area contributed by atoms with Crippen molar-refractivity contribution in [2.45, 2.75) is 18.9 Å². The van der Waals surface area contributed by atoms with Gasteiger partial charge in [-0.25, -0.2) is 9.78 Å². The van der Waals surface area contributed by atoms with E-state index >= 15 is 0 Å². The van der Waals surface area contributed by atoms with Gasteiger partial charge in [-0.3, -0.25) is 0 Å². The number of anilines is 1. The Hall–Kier alpha value is -2.13. The Bertz CT molecular complexity index is 785. The summed E-state index contributed by atoms with van der Waals surface area (Å²) in [6.07, 6.45) is 3.35. The van der Waals surface area contributed by atoms with Crippen LogP contribution in [0.4, 0.5) is 5.82 Å². The fraction of sp³-hybridized carbons (Fsp3) is 0.312. The highest BCUT2D eigenvalue weighted by atomic mass is 79.9. The molecule has 0 radical (unpaired) electrons. The molecule has 3 rings (SSSR count). The molecule has 22 heavy (non-hydrogen) atoms. The summed E-state index contributed by atoms with van der Waals surface area (Å²) in [5, 5.41) is 11.0. The zero-order chi connectivity index (χ0) is 15.7. The number of halogens is 1. The largest absolute Gasteiger partial charge is 0.467 e. The zero-order valence-corrected chi connectivity index (χ0v) is 13.6. The first-order valence-corrected chi connectivity index (χ1v) is 7.78. The summed E-state index contributed by atoms with van der Waals surface area (Å²) in [6, 6.07) is 7.43. The van der Waals surface area contributed by atoms with E-state index in [1.165, 1.54) is 7.11 Å². The van der Waals surface area contributed by atoms with Crippen molar-refractivity contribution >= 4 is 38.5 Å². The van der Waals surface area contributed by atoms with Crippen molar-refractivity contribution < 1.29 is 9.53 Å². The molecule has 112 valence electrons. The number of hydrogen-bond donors (Lipinski definition) is 0. The van der Waals surface area contributed by atoms with Crippen LogP contribution in [0.5, 0.6) is 0 Å². The number of ether oxygens (including phenoxy) is 1. The second-order valence-electron chi connectivity index (χ2n) is 5.14. The van der Waals surface area contributed by atoms with Crippen molar-refractivity contribution in [2.75, 3.05) is 18.6 Å². The van der Waals surface area contributed by atoms with Crippen molar-refractivity contribution in [3.8, 4) is 6.07 Å². The van der Waals surface area contributed by atoms with Crippen LogP contribution in [0.2, 0.25) is 0 Å². The SMILES string of the molecule is COC(=O)C1CCCN1c1ncc(Br)c2c(C#N)cccc12. The Morgan fingerprint density at radius 1 is 1.55 bits per heavy atom. The van der Waals surface area contributed by atoms with Crippen LogP contribution in [0, 0.1) is 11.3 Å². The molecular formula is C16H14BrN3O2. The number of benzene rings is 1. The Morgan fingerprint density at radius 2 is 2.36 bits per heavy atom. The summed E-state index contributed by atoms with van der Waals surface area (Å²) >= 11 is 3.47. The number of carbonyl (C=O) groups is 1. The molecule has 0 N–H and O–H groups in total. The molecule has 1 atom stereocenters. The van der Waals surface area contributed by atoms with Gasteiger partial charge < -0.3 is 9.64 Å². The van der Waals surface area contributed by atoms with Crippen LogP contribution < -0.4 is 4.90 Å². The van der Waals surface area contributed by atoms with Gasteiger partial charge in [0.2, 0.25) is 0 Å². The third-order valence-electron chi connectivity index (χ3n) is 3.96. The summed E-state index contributed by atoms with van der Waals surface area (Å²) in [5.74, 6) is 0.481. The molecule has 2 heterocycles. The molecule has 1 unspecified atom stereocenters. The number of pyridine rings is 1. The maximum Gasteiger partial charge on any atom is 0.328 e. The number of rotatable bonds is 2. The van der Waals surface area contributed by atoms with Gasteiger partial charge in [-0.1, -0.05) is 12.1 Å². The number of carbonyl (C=O) groups excluding carboxylic acids is 1. The number of esters is 1. The number of fused-ring (bicyclic) bond motifs is 1. The van der Waals surface area contributed by atoms with E-state index in [4.69, 9.17) is 4.74 Å². The molecule has 1 saturated heterocycles. The van der Waals surface area contributed by atoms with E-state index in [9.17, 15) is 10.1 Å². The Labute approximate surface area is 136 Å². The first kappa shape index (κ1) is 14.8. The minimum Gasteiger partial charge on any atom is -0.467 e. The van der Waals surface area contributed by atoms with Crippen LogP contribution in [-0.2, 0) is 9.53 Å². The maximum absolute atomic E-state index is 12.0. The molecule has 2 aromatic rings. The number of nitriles is 1. The summed E-state index contributed by atoms with van der Waals surface area (Å²) in [7, 11) is 1.40. The predicted molar refractivity (Wildman–Crippen MR) is 86.5 cm³/mol. The molecule has 0 bridgehead atoms. The van der Waals surface area contributed by atoms with E-state index in [-0.39, 0.29) is 12.0 Å². The summed E-state index contributed by atoms with van der Waals surface area (Å²) < 4.78 is 5.67. The van der Waals surface area contributed by atoms with Crippen molar-refractivity contribution in [3.05, 3.63) is 34.4 Å². The van der Waals surface area contributed by atoms with Crippen LogP contribution in [0.25, 0.3) is 10.8 Å². The second-order valence-corrected chi connectivity index (χ2v) is 6.00. The highest BCUT2D eigenvalue weighted by Gasteiger charge is 2.33. The smallest absolute Gasteiger partial charge is 0.328 e. The Kier molecular flexibility index (Phi) is 3.99. The maximum atomic E-state index is 12.0. The van der Waals surface area contributed by atoms with Gasteiger partial charge in [0.1, 0.15) is 11.9 Å².